The highest BCUT2D eigenvalue weighted by atomic mass is 16.6. The zero-order valence-electron chi connectivity index (χ0n) is 41.6. The topological polar surface area (TPSA) is 78.9 Å². The molecule has 6 heteroatoms. The first kappa shape index (κ1) is 59.4. The Bertz CT molecular complexity index is 918. The maximum Gasteiger partial charge on any atom is 0.306 e. The molecule has 0 unspecified atom stereocenters. The number of hydrogen-bond donors (Lipinski definition) is 0. The molecule has 0 aromatic rings. The molecule has 6 nitrogen and oxygen atoms in total. The molecule has 0 heterocycles. The van der Waals surface area contributed by atoms with E-state index in [-0.39, 0.29) is 31.1 Å². The second-order valence-corrected chi connectivity index (χ2v) is 19.3. The molecule has 61 heavy (non-hydrogen) atoms. The van der Waals surface area contributed by atoms with Crippen molar-refractivity contribution in [1.82, 2.24) is 0 Å². The van der Waals surface area contributed by atoms with Gasteiger partial charge in [-0.1, -0.05) is 272 Å². The predicted octanol–water partition coefficient (Wildman–Crippen LogP) is 17.8. The van der Waals surface area contributed by atoms with Crippen LogP contribution in [0.4, 0.5) is 0 Å². The van der Waals surface area contributed by atoms with Crippen LogP contribution in [0.15, 0.2) is 0 Å². The molecule has 0 bridgehead atoms. The van der Waals surface area contributed by atoms with Gasteiger partial charge in [0.15, 0.2) is 6.10 Å². The smallest absolute Gasteiger partial charge is 0.306 e. The summed E-state index contributed by atoms with van der Waals surface area (Å²) < 4.78 is 16.8. The summed E-state index contributed by atoms with van der Waals surface area (Å²) in [4.78, 5) is 37.9. The van der Waals surface area contributed by atoms with Gasteiger partial charge >= 0.3 is 17.9 Å². The molecule has 0 amide bonds. The normalized spacial score (nSPS) is 12.0. The highest BCUT2D eigenvalue weighted by molar-refractivity contribution is 5.71. The number of unbranched alkanes of at least 4 members (excludes halogenated alkanes) is 37. The summed E-state index contributed by atoms with van der Waals surface area (Å²) in [5, 5.41) is 0. The van der Waals surface area contributed by atoms with E-state index >= 15 is 0 Å². The van der Waals surface area contributed by atoms with Crippen LogP contribution in [0.2, 0.25) is 0 Å². The minimum Gasteiger partial charge on any atom is -0.462 e. The molecule has 0 aromatic carbocycles. The summed E-state index contributed by atoms with van der Waals surface area (Å²) in [5.74, 6) is 0.00561. The highest BCUT2D eigenvalue weighted by Gasteiger charge is 2.19. The SMILES string of the molecule is CCCCCCCCCCCCCCCCCCC(=O)OC[C@H](COC(=O)CCCCCCCCCCC)OC(=O)CCCCCCCCCCCCCCCCCC(C)C. The van der Waals surface area contributed by atoms with E-state index in [4.69, 9.17) is 14.2 Å². The monoisotopic (exact) mass is 863 g/mol. The zero-order chi connectivity index (χ0) is 44.5. The standard InChI is InChI=1S/C55H106O6/c1-5-7-9-11-13-15-16-17-18-21-24-27-31-35-39-43-47-54(57)60-50-52(49-59-53(56)46-42-38-34-29-14-12-10-8-6-2)61-55(58)48-44-40-36-32-28-25-22-19-20-23-26-30-33-37-41-45-51(3)4/h51-52H,5-50H2,1-4H3/t52-/m0/s1. The van der Waals surface area contributed by atoms with E-state index in [9.17, 15) is 14.4 Å². The molecule has 0 saturated heterocycles. The Kier molecular flexibility index (Phi) is 48.1. The van der Waals surface area contributed by atoms with Crippen molar-refractivity contribution in [1.29, 1.82) is 0 Å². The summed E-state index contributed by atoms with van der Waals surface area (Å²) in [5.41, 5.74) is 0. The number of carbonyl (C=O) groups excluding carboxylic acids is 3. The number of hydrogen-bond acceptors (Lipinski definition) is 6. The minimum atomic E-state index is -0.760. The van der Waals surface area contributed by atoms with Crippen LogP contribution in [0.25, 0.3) is 0 Å². The first-order valence-corrected chi connectivity index (χ1v) is 27.4. The van der Waals surface area contributed by atoms with E-state index in [1.54, 1.807) is 0 Å². The van der Waals surface area contributed by atoms with Crippen molar-refractivity contribution < 1.29 is 28.6 Å². The third kappa shape index (κ3) is 49.3. The molecule has 0 fully saturated rings. The first-order chi connectivity index (χ1) is 29.9. The maximum atomic E-state index is 12.8. The van der Waals surface area contributed by atoms with Gasteiger partial charge in [0.1, 0.15) is 13.2 Å². The van der Waals surface area contributed by atoms with Gasteiger partial charge in [-0.15, -0.1) is 0 Å². The second kappa shape index (κ2) is 49.4. The molecular formula is C55H106O6. The minimum absolute atomic E-state index is 0.0623. The quantitative estimate of drug-likeness (QED) is 0.0344. The van der Waals surface area contributed by atoms with Gasteiger partial charge in [-0.05, 0) is 25.2 Å². The Hall–Kier alpha value is -1.59. The van der Waals surface area contributed by atoms with Crippen LogP contribution in [-0.2, 0) is 28.6 Å². The lowest BCUT2D eigenvalue weighted by Gasteiger charge is -2.18. The van der Waals surface area contributed by atoms with Crippen LogP contribution in [0.5, 0.6) is 0 Å². The van der Waals surface area contributed by atoms with Crippen LogP contribution < -0.4 is 0 Å². The molecule has 0 aliphatic rings. The fourth-order valence-corrected chi connectivity index (χ4v) is 8.39. The van der Waals surface area contributed by atoms with Crippen molar-refractivity contribution >= 4 is 17.9 Å². The number of rotatable bonds is 50. The maximum absolute atomic E-state index is 12.8. The molecule has 1 atom stereocenters. The van der Waals surface area contributed by atoms with Crippen LogP contribution >= 0.6 is 0 Å². The summed E-state index contributed by atoms with van der Waals surface area (Å²) in [6.45, 7) is 9.04. The fraction of sp³-hybridized carbons (Fsp3) is 0.945. The lowest BCUT2D eigenvalue weighted by Crippen LogP contribution is -2.30. The molecule has 0 spiro atoms. The van der Waals surface area contributed by atoms with E-state index in [2.05, 4.69) is 27.7 Å². The highest BCUT2D eigenvalue weighted by Crippen LogP contribution is 2.17. The number of esters is 3. The number of carbonyl (C=O) groups is 3. The fourth-order valence-electron chi connectivity index (χ4n) is 8.39. The van der Waals surface area contributed by atoms with Crippen LogP contribution in [0.1, 0.15) is 310 Å². The van der Waals surface area contributed by atoms with Gasteiger partial charge in [-0.25, -0.2) is 0 Å². The lowest BCUT2D eigenvalue weighted by atomic mass is 10.0. The molecule has 0 aliphatic heterocycles. The van der Waals surface area contributed by atoms with Crippen molar-refractivity contribution in [3.05, 3.63) is 0 Å². The lowest BCUT2D eigenvalue weighted by molar-refractivity contribution is -0.167. The van der Waals surface area contributed by atoms with Crippen molar-refractivity contribution in [2.75, 3.05) is 13.2 Å². The van der Waals surface area contributed by atoms with Gasteiger partial charge in [0.25, 0.3) is 0 Å². The average molecular weight is 863 g/mol. The largest absolute Gasteiger partial charge is 0.462 e. The van der Waals surface area contributed by atoms with E-state index in [1.165, 1.54) is 205 Å². The van der Waals surface area contributed by atoms with Crippen molar-refractivity contribution in [2.24, 2.45) is 5.92 Å². The van der Waals surface area contributed by atoms with Crippen molar-refractivity contribution in [2.45, 2.75) is 316 Å². The van der Waals surface area contributed by atoms with Gasteiger partial charge in [-0.3, -0.25) is 14.4 Å². The summed E-state index contributed by atoms with van der Waals surface area (Å²) in [6.07, 6.45) is 52.4. The van der Waals surface area contributed by atoms with Gasteiger partial charge in [-0.2, -0.15) is 0 Å². The molecule has 362 valence electrons. The van der Waals surface area contributed by atoms with Crippen molar-refractivity contribution in [3.8, 4) is 0 Å². The summed E-state index contributed by atoms with van der Waals surface area (Å²) in [7, 11) is 0. The van der Waals surface area contributed by atoms with E-state index in [0.29, 0.717) is 19.3 Å². The van der Waals surface area contributed by atoms with Crippen LogP contribution in [0, 0.1) is 5.92 Å². The predicted molar refractivity (Wildman–Crippen MR) is 261 cm³/mol. The Morgan fingerprint density at radius 1 is 0.311 bits per heavy atom. The van der Waals surface area contributed by atoms with Gasteiger partial charge in [0, 0.05) is 19.3 Å². The van der Waals surface area contributed by atoms with Crippen LogP contribution in [-0.4, -0.2) is 37.2 Å². The molecule has 0 rings (SSSR count). The molecule has 0 aliphatic carbocycles. The number of ether oxygens (including phenoxy) is 3. The third-order valence-electron chi connectivity index (χ3n) is 12.5. The van der Waals surface area contributed by atoms with Crippen molar-refractivity contribution in [3.63, 3.8) is 0 Å². The molecule has 0 radical (unpaired) electrons. The molecule has 0 aromatic heterocycles. The third-order valence-corrected chi connectivity index (χ3v) is 12.5. The second-order valence-electron chi connectivity index (χ2n) is 19.3. The Morgan fingerprint density at radius 3 is 0.803 bits per heavy atom. The van der Waals surface area contributed by atoms with E-state index in [0.717, 1.165) is 63.7 Å². The van der Waals surface area contributed by atoms with Gasteiger partial charge < -0.3 is 14.2 Å². The Balaban J connectivity index is 4.23. The molecule has 0 saturated carbocycles. The van der Waals surface area contributed by atoms with Gasteiger partial charge in [0.05, 0.1) is 0 Å². The van der Waals surface area contributed by atoms with Crippen LogP contribution in [0.3, 0.4) is 0 Å². The van der Waals surface area contributed by atoms with Gasteiger partial charge in [0.2, 0.25) is 0 Å². The van der Waals surface area contributed by atoms with E-state index < -0.39 is 6.10 Å². The first-order valence-electron chi connectivity index (χ1n) is 27.4. The average Bonchev–Trinajstić information content (AvgIpc) is 3.24. The zero-order valence-corrected chi connectivity index (χ0v) is 41.6. The molecule has 0 N–H and O–H groups in total. The summed E-state index contributed by atoms with van der Waals surface area (Å²) >= 11 is 0. The molecular weight excluding hydrogens is 757 g/mol. The summed E-state index contributed by atoms with van der Waals surface area (Å²) in [6, 6.07) is 0. The Morgan fingerprint density at radius 2 is 0.541 bits per heavy atom. The van der Waals surface area contributed by atoms with E-state index in [1.807, 2.05) is 0 Å². The Labute approximate surface area is 380 Å².